The molecule has 6 nitrogen and oxygen atoms in total. The topological polar surface area (TPSA) is 72.7 Å². The monoisotopic (exact) mass is 367 g/mol. The Morgan fingerprint density at radius 3 is 2.33 bits per heavy atom. The fourth-order valence-electron chi connectivity index (χ4n) is 2.95. The van der Waals surface area contributed by atoms with Gasteiger partial charge in [-0.3, -0.25) is 4.79 Å². The number of halogens is 1. The van der Waals surface area contributed by atoms with E-state index >= 15 is 0 Å². The van der Waals surface area contributed by atoms with Gasteiger partial charge in [0.25, 0.3) is 5.95 Å². The summed E-state index contributed by atoms with van der Waals surface area (Å²) in [4.78, 5) is 21.2. The zero-order valence-electron chi connectivity index (χ0n) is 15.9. The summed E-state index contributed by atoms with van der Waals surface area (Å²) in [6, 6.07) is 7.97. The van der Waals surface area contributed by atoms with Crippen LogP contribution < -0.4 is 5.32 Å². The van der Waals surface area contributed by atoms with Crippen LogP contribution in [0.2, 0.25) is 0 Å². The summed E-state index contributed by atoms with van der Waals surface area (Å²) in [5.41, 5.74) is 5.04. The van der Waals surface area contributed by atoms with Gasteiger partial charge in [0.2, 0.25) is 5.91 Å². The number of benzene rings is 1. The predicted octanol–water partition coefficient (Wildman–Crippen LogP) is 2.89. The van der Waals surface area contributed by atoms with E-state index in [1.54, 1.807) is 16.8 Å². The van der Waals surface area contributed by atoms with E-state index in [0.717, 1.165) is 33.9 Å². The minimum Gasteiger partial charge on any atom is -0.352 e. The van der Waals surface area contributed by atoms with Crippen LogP contribution >= 0.6 is 0 Å². The molecule has 1 amide bonds. The Morgan fingerprint density at radius 1 is 1.07 bits per heavy atom. The highest BCUT2D eigenvalue weighted by molar-refractivity contribution is 5.79. The van der Waals surface area contributed by atoms with E-state index in [4.69, 9.17) is 0 Å². The number of hydrogen-bond acceptors (Lipinski definition) is 4. The van der Waals surface area contributed by atoms with E-state index in [2.05, 4.69) is 20.4 Å². The summed E-state index contributed by atoms with van der Waals surface area (Å²) < 4.78 is 14.6. The zero-order chi connectivity index (χ0) is 19.6. The third-order valence-corrected chi connectivity index (χ3v) is 4.34. The van der Waals surface area contributed by atoms with Crippen molar-refractivity contribution in [3.05, 3.63) is 70.1 Å². The first-order valence-electron chi connectivity index (χ1n) is 8.72. The average Bonchev–Trinajstić information content (AvgIpc) is 2.89. The van der Waals surface area contributed by atoms with Crippen molar-refractivity contribution in [1.29, 1.82) is 0 Å². The van der Waals surface area contributed by atoms with Crippen molar-refractivity contribution < 1.29 is 9.18 Å². The normalized spacial score (nSPS) is 10.9. The molecule has 0 spiro atoms. The van der Waals surface area contributed by atoms with E-state index in [9.17, 15) is 9.18 Å². The molecule has 2 heterocycles. The van der Waals surface area contributed by atoms with Crippen LogP contribution in [0.25, 0.3) is 5.95 Å². The molecule has 0 radical (unpaired) electrons. The molecule has 0 aliphatic carbocycles. The second-order valence-corrected chi connectivity index (χ2v) is 6.59. The molecule has 140 valence electrons. The number of hydrogen-bond donors (Lipinski definition) is 1. The maximum atomic E-state index is 12.9. The second-order valence-electron chi connectivity index (χ2n) is 6.59. The Balaban J connectivity index is 1.74. The highest BCUT2D eigenvalue weighted by Crippen LogP contribution is 2.17. The van der Waals surface area contributed by atoms with Crippen LogP contribution in [0.4, 0.5) is 4.39 Å². The van der Waals surface area contributed by atoms with Gasteiger partial charge in [-0.2, -0.15) is 5.10 Å². The number of rotatable bonds is 5. The molecule has 3 aromatic rings. The number of amides is 1. The van der Waals surface area contributed by atoms with Crippen molar-refractivity contribution in [2.75, 3.05) is 0 Å². The Bertz CT molecular complexity index is 959. The molecule has 1 N–H and O–H groups in total. The first kappa shape index (κ1) is 18.7. The third-order valence-electron chi connectivity index (χ3n) is 4.34. The number of nitrogens with one attached hydrogen (secondary N) is 1. The van der Waals surface area contributed by atoms with Crippen LogP contribution in [0.15, 0.2) is 30.3 Å². The molecule has 0 fully saturated rings. The molecule has 0 atom stereocenters. The molecular formula is C20H22FN5O. The Kier molecular flexibility index (Phi) is 5.30. The van der Waals surface area contributed by atoms with Crippen LogP contribution in [0, 0.1) is 33.5 Å². The first-order chi connectivity index (χ1) is 12.8. The van der Waals surface area contributed by atoms with Crippen LogP contribution in [0.1, 0.15) is 33.9 Å². The van der Waals surface area contributed by atoms with Gasteiger partial charge in [0.05, 0.1) is 12.1 Å². The lowest BCUT2D eigenvalue weighted by molar-refractivity contribution is -0.120. The minimum absolute atomic E-state index is 0.119. The number of nitrogens with zero attached hydrogens (tertiary/aromatic N) is 4. The number of carbonyl (C=O) groups excluding carboxylic acids is 1. The standard InChI is InChI=1S/C20H22FN5O/c1-12-9-13(2)24-20(23-12)26-15(4)18(14(3)25-26)10-19(27)22-11-16-5-7-17(21)8-6-16/h5-9H,10-11H2,1-4H3,(H,22,27). The molecule has 7 heteroatoms. The molecule has 1 aromatic carbocycles. The number of carbonyl (C=O) groups is 1. The van der Waals surface area contributed by atoms with Crippen LogP contribution in [-0.4, -0.2) is 25.7 Å². The summed E-state index contributed by atoms with van der Waals surface area (Å²) in [5.74, 6) is 0.0924. The van der Waals surface area contributed by atoms with Gasteiger partial charge in [0.15, 0.2) is 0 Å². The van der Waals surface area contributed by atoms with Gasteiger partial charge in [0, 0.05) is 29.2 Å². The van der Waals surface area contributed by atoms with Crippen LogP contribution in [-0.2, 0) is 17.8 Å². The molecule has 0 saturated carbocycles. The van der Waals surface area contributed by atoms with E-state index in [1.165, 1.54) is 12.1 Å². The second kappa shape index (κ2) is 7.65. The minimum atomic E-state index is -0.294. The first-order valence-corrected chi connectivity index (χ1v) is 8.72. The highest BCUT2D eigenvalue weighted by Gasteiger charge is 2.17. The maximum absolute atomic E-state index is 12.9. The maximum Gasteiger partial charge on any atom is 0.251 e. The molecule has 2 aromatic heterocycles. The zero-order valence-corrected chi connectivity index (χ0v) is 15.9. The van der Waals surface area contributed by atoms with Gasteiger partial charge in [-0.1, -0.05) is 12.1 Å². The van der Waals surface area contributed by atoms with Crippen molar-refractivity contribution in [2.45, 2.75) is 40.7 Å². The Morgan fingerprint density at radius 2 is 1.70 bits per heavy atom. The van der Waals surface area contributed by atoms with E-state index in [1.807, 2.05) is 33.8 Å². The fourth-order valence-corrected chi connectivity index (χ4v) is 2.95. The fraction of sp³-hybridized carbons (Fsp3) is 0.300. The lowest BCUT2D eigenvalue weighted by Crippen LogP contribution is -2.25. The van der Waals surface area contributed by atoms with Crippen LogP contribution in [0.3, 0.4) is 0 Å². The summed E-state index contributed by atoms with van der Waals surface area (Å²) in [7, 11) is 0. The van der Waals surface area contributed by atoms with Crippen LogP contribution in [0.5, 0.6) is 0 Å². The molecule has 0 saturated heterocycles. The highest BCUT2D eigenvalue weighted by atomic mass is 19.1. The Labute approximate surface area is 157 Å². The molecule has 0 aliphatic rings. The smallest absolute Gasteiger partial charge is 0.251 e. The van der Waals surface area contributed by atoms with Gasteiger partial charge in [-0.05, 0) is 51.5 Å². The molecule has 3 rings (SSSR count). The van der Waals surface area contributed by atoms with Crippen molar-refractivity contribution in [1.82, 2.24) is 25.1 Å². The van der Waals surface area contributed by atoms with E-state index in [-0.39, 0.29) is 18.1 Å². The van der Waals surface area contributed by atoms with E-state index < -0.39 is 0 Å². The quantitative estimate of drug-likeness (QED) is 0.753. The number of aromatic nitrogens is 4. The lowest BCUT2D eigenvalue weighted by Gasteiger charge is -2.07. The van der Waals surface area contributed by atoms with Gasteiger partial charge in [-0.25, -0.2) is 19.0 Å². The summed E-state index contributed by atoms with van der Waals surface area (Å²) in [6.07, 6.45) is 0.212. The SMILES string of the molecule is Cc1cc(C)nc(-n2nc(C)c(CC(=O)NCc3ccc(F)cc3)c2C)n1. The molecule has 0 bridgehead atoms. The van der Waals surface area contributed by atoms with Gasteiger partial charge in [0.1, 0.15) is 5.82 Å². The van der Waals surface area contributed by atoms with Crippen molar-refractivity contribution >= 4 is 5.91 Å². The number of aryl methyl sites for hydroxylation is 3. The third kappa shape index (κ3) is 4.36. The molecule has 27 heavy (non-hydrogen) atoms. The summed E-state index contributed by atoms with van der Waals surface area (Å²) in [6.45, 7) is 7.95. The molecule has 0 unspecified atom stereocenters. The van der Waals surface area contributed by atoms with E-state index in [0.29, 0.717) is 12.5 Å². The van der Waals surface area contributed by atoms with Gasteiger partial charge < -0.3 is 5.32 Å². The van der Waals surface area contributed by atoms with Gasteiger partial charge >= 0.3 is 0 Å². The predicted molar refractivity (Wildman–Crippen MR) is 100 cm³/mol. The van der Waals surface area contributed by atoms with Crippen molar-refractivity contribution in [2.24, 2.45) is 0 Å². The van der Waals surface area contributed by atoms with Crippen molar-refractivity contribution in [3.8, 4) is 5.95 Å². The molecule has 0 aliphatic heterocycles. The summed E-state index contributed by atoms with van der Waals surface area (Å²) >= 11 is 0. The van der Waals surface area contributed by atoms with Gasteiger partial charge in [-0.15, -0.1) is 0 Å². The summed E-state index contributed by atoms with van der Waals surface area (Å²) in [5, 5.41) is 7.37. The lowest BCUT2D eigenvalue weighted by atomic mass is 10.1. The Hall–Kier alpha value is -3.09. The largest absolute Gasteiger partial charge is 0.352 e. The van der Waals surface area contributed by atoms with Crippen molar-refractivity contribution in [3.63, 3.8) is 0 Å². The average molecular weight is 367 g/mol. The molecular weight excluding hydrogens is 345 g/mol.